The highest BCUT2D eigenvalue weighted by atomic mass is 79.9. The van der Waals surface area contributed by atoms with Gasteiger partial charge < -0.3 is 10.0 Å². The van der Waals surface area contributed by atoms with E-state index in [-0.39, 0.29) is 11.8 Å². The van der Waals surface area contributed by atoms with Gasteiger partial charge in [-0.3, -0.25) is 4.79 Å². The van der Waals surface area contributed by atoms with Crippen molar-refractivity contribution in [2.45, 2.75) is 45.6 Å². The Bertz CT molecular complexity index is 899. The fourth-order valence-corrected chi connectivity index (χ4v) is 4.04. The van der Waals surface area contributed by atoms with Crippen LogP contribution < -0.4 is 4.90 Å². The average molecular weight is 456 g/mol. The number of carbonyl (C=O) groups excluding carboxylic acids is 1. The van der Waals surface area contributed by atoms with Crippen LogP contribution in [0.2, 0.25) is 0 Å². The number of amides is 1. The van der Waals surface area contributed by atoms with E-state index in [2.05, 4.69) is 15.9 Å². The lowest BCUT2D eigenvalue weighted by atomic mass is 9.88. The zero-order valence-electron chi connectivity index (χ0n) is 16.6. The lowest BCUT2D eigenvalue weighted by Crippen LogP contribution is -2.36. The summed E-state index contributed by atoms with van der Waals surface area (Å²) in [5, 5.41) is 8.96. The normalized spacial score (nSPS) is 14.8. The predicted octanol–water partition coefficient (Wildman–Crippen LogP) is 5.97. The molecule has 5 heteroatoms. The smallest absolute Gasteiger partial charge is 0.328 e. The average Bonchev–Trinajstić information content (AvgIpc) is 2.73. The second-order valence-corrected chi connectivity index (χ2v) is 8.51. The Labute approximate surface area is 180 Å². The molecule has 2 aromatic rings. The molecule has 152 valence electrons. The summed E-state index contributed by atoms with van der Waals surface area (Å²) < 4.78 is 1.00. The summed E-state index contributed by atoms with van der Waals surface area (Å²) in [6, 6.07) is 13.8. The number of halogens is 1. The third-order valence-corrected chi connectivity index (χ3v) is 5.98. The van der Waals surface area contributed by atoms with E-state index >= 15 is 0 Å². The molecule has 0 aliphatic heterocycles. The van der Waals surface area contributed by atoms with E-state index in [0.717, 1.165) is 58.6 Å². The van der Waals surface area contributed by atoms with Gasteiger partial charge in [-0.25, -0.2) is 4.79 Å². The molecule has 1 fully saturated rings. The standard InChI is InChI=1S/C24H26BrNO3/c1-17-7-13-22(15-20(17)10-14-23(27)28)26(16-18-8-11-21(25)12-9-18)24(29)19-5-3-2-4-6-19/h7-15,19H,2-6,16H2,1H3,(H,27,28). The van der Waals surface area contributed by atoms with Crippen molar-refractivity contribution in [3.05, 3.63) is 69.7 Å². The number of rotatable bonds is 6. The molecule has 2 aromatic carbocycles. The Hall–Kier alpha value is -2.40. The van der Waals surface area contributed by atoms with Crippen molar-refractivity contribution in [3.8, 4) is 0 Å². The maximum atomic E-state index is 13.4. The molecule has 1 aliphatic carbocycles. The van der Waals surface area contributed by atoms with Crippen LogP contribution in [0.15, 0.2) is 53.0 Å². The lowest BCUT2D eigenvalue weighted by Gasteiger charge is -2.30. The second-order valence-electron chi connectivity index (χ2n) is 7.60. The van der Waals surface area contributed by atoms with E-state index < -0.39 is 5.97 Å². The first-order valence-corrected chi connectivity index (χ1v) is 10.8. The SMILES string of the molecule is Cc1ccc(N(Cc2ccc(Br)cc2)C(=O)C2CCCCC2)cc1C=CC(=O)O. The molecule has 0 bridgehead atoms. The number of carboxylic acid groups (broad SMARTS) is 1. The lowest BCUT2D eigenvalue weighted by molar-refractivity contribution is -0.131. The molecule has 4 nitrogen and oxygen atoms in total. The van der Waals surface area contributed by atoms with E-state index in [1.807, 2.05) is 54.3 Å². The van der Waals surface area contributed by atoms with Crippen molar-refractivity contribution in [3.63, 3.8) is 0 Å². The monoisotopic (exact) mass is 455 g/mol. The van der Waals surface area contributed by atoms with Gasteiger partial charge in [0.25, 0.3) is 0 Å². The van der Waals surface area contributed by atoms with Crippen LogP contribution >= 0.6 is 15.9 Å². The van der Waals surface area contributed by atoms with E-state index in [1.165, 1.54) is 6.42 Å². The molecule has 0 radical (unpaired) electrons. The van der Waals surface area contributed by atoms with Crippen molar-refractivity contribution in [2.75, 3.05) is 4.90 Å². The Morgan fingerprint density at radius 1 is 1.10 bits per heavy atom. The van der Waals surface area contributed by atoms with E-state index in [1.54, 1.807) is 6.08 Å². The summed E-state index contributed by atoms with van der Waals surface area (Å²) in [6.45, 7) is 2.43. The van der Waals surface area contributed by atoms with Crippen molar-refractivity contribution in [1.82, 2.24) is 0 Å². The van der Waals surface area contributed by atoms with Crippen LogP contribution in [-0.2, 0) is 16.1 Å². The van der Waals surface area contributed by atoms with Gasteiger partial charge in [0.05, 0.1) is 6.54 Å². The van der Waals surface area contributed by atoms with Gasteiger partial charge in [-0.05, 0) is 66.8 Å². The van der Waals surface area contributed by atoms with Crippen molar-refractivity contribution < 1.29 is 14.7 Å². The molecule has 1 aliphatic rings. The number of hydrogen-bond acceptors (Lipinski definition) is 2. The van der Waals surface area contributed by atoms with Gasteiger partial charge in [-0.15, -0.1) is 0 Å². The molecule has 0 aromatic heterocycles. The number of aliphatic carboxylic acids is 1. The predicted molar refractivity (Wildman–Crippen MR) is 120 cm³/mol. The van der Waals surface area contributed by atoms with E-state index in [9.17, 15) is 9.59 Å². The van der Waals surface area contributed by atoms with Gasteiger partial charge in [-0.2, -0.15) is 0 Å². The van der Waals surface area contributed by atoms with Crippen LogP contribution in [0.4, 0.5) is 5.69 Å². The highest BCUT2D eigenvalue weighted by Crippen LogP contribution is 2.30. The van der Waals surface area contributed by atoms with E-state index in [4.69, 9.17) is 5.11 Å². The molecule has 1 amide bonds. The molecule has 0 atom stereocenters. The molecule has 0 heterocycles. The molecular formula is C24H26BrNO3. The van der Waals surface area contributed by atoms with Crippen molar-refractivity contribution in [2.24, 2.45) is 5.92 Å². The van der Waals surface area contributed by atoms with Crippen LogP contribution in [0.5, 0.6) is 0 Å². The van der Waals surface area contributed by atoms with Crippen LogP contribution in [0, 0.1) is 12.8 Å². The Morgan fingerprint density at radius 3 is 2.45 bits per heavy atom. The van der Waals surface area contributed by atoms with Gasteiger partial charge in [0, 0.05) is 22.2 Å². The van der Waals surface area contributed by atoms with Crippen LogP contribution in [-0.4, -0.2) is 17.0 Å². The van der Waals surface area contributed by atoms with Crippen molar-refractivity contribution >= 4 is 39.6 Å². The fraction of sp³-hybridized carbons (Fsp3) is 0.333. The minimum absolute atomic E-state index is 0.0542. The molecule has 0 spiro atoms. The van der Waals surface area contributed by atoms with Gasteiger partial charge in [-0.1, -0.05) is 53.4 Å². The van der Waals surface area contributed by atoms with Crippen LogP contribution in [0.3, 0.4) is 0 Å². The summed E-state index contributed by atoms with van der Waals surface area (Å²) >= 11 is 3.46. The molecule has 0 unspecified atom stereocenters. The maximum absolute atomic E-state index is 13.4. The fourth-order valence-electron chi connectivity index (χ4n) is 3.78. The van der Waals surface area contributed by atoms with Crippen LogP contribution in [0.25, 0.3) is 6.08 Å². The second kappa shape index (κ2) is 9.88. The number of anilines is 1. The highest BCUT2D eigenvalue weighted by molar-refractivity contribution is 9.10. The number of nitrogens with zero attached hydrogens (tertiary/aromatic N) is 1. The first-order valence-electron chi connectivity index (χ1n) is 10.0. The summed E-state index contributed by atoms with van der Waals surface area (Å²) in [5.41, 5.74) is 3.64. The van der Waals surface area contributed by atoms with Crippen LogP contribution in [0.1, 0.15) is 48.8 Å². The maximum Gasteiger partial charge on any atom is 0.328 e. The molecular weight excluding hydrogens is 430 g/mol. The zero-order valence-corrected chi connectivity index (χ0v) is 18.2. The quantitative estimate of drug-likeness (QED) is 0.545. The molecule has 3 rings (SSSR count). The minimum atomic E-state index is -0.986. The molecule has 1 N–H and O–H groups in total. The number of benzene rings is 2. The number of carbonyl (C=O) groups is 2. The zero-order chi connectivity index (χ0) is 20.8. The van der Waals surface area contributed by atoms with Gasteiger partial charge in [0.15, 0.2) is 0 Å². The minimum Gasteiger partial charge on any atom is -0.478 e. The van der Waals surface area contributed by atoms with E-state index in [0.29, 0.717) is 6.54 Å². The summed E-state index contributed by atoms with van der Waals surface area (Å²) in [7, 11) is 0. The third kappa shape index (κ3) is 5.80. The molecule has 0 saturated heterocycles. The van der Waals surface area contributed by atoms with Crippen molar-refractivity contribution in [1.29, 1.82) is 0 Å². The molecule has 29 heavy (non-hydrogen) atoms. The number of aryl methyl sites for hydroxylation is 1. The number of hydrogen-bond donors (Lipinski definition) is 1. The Balaban J connectivity index is 1.95. The van der Waals surface area contributed by atoms with Gasteiger partial charge in [0.1, 0.15) is 0 Å². The summed E-state index contributed by atoms with van der Waals surface area (Å²) in [4.78, 5) is 26.2. The number of carboxylic acids is 1. The third-order valence-electron chi connectivity index (χ3n) is 5.45. The Morgan fingerprint density at radius 2 is 1.79 bits per heavy atom. The summed E-state index contributed by atoms with van der Waals surface area (Å²) in [5.74, 6) is -0.775. The van der Waals surface area contributed by atoms with Gasteiger partial charge >= 0.3 is 5.97 Å². The largest absolute Gasteiger partial charge is 0.478 e. The highest BCUT2D eigenvalue weighted by Gasteiger charge is 2.27. The first-order chi connectivity index (χ1) is 13.9. The molecule has 1 saturated carbocycles. The van der Waals surface area contributed by atoms with Gasteiger partial charge in [0.2, 0.25) is 5.91 Å². The first kappa shape index (κ1) is 21.3. The Kier molecular flexibility index (Phi) is 7.26. The topological polar surface area (TPSA) is 57.6 Å². The summed E-state index contributed by atoms with van der Waals surface area (Å²) in [6.07, 6.45) is 8.00.